The zero-order valence-electron chi connectivity index (χ0n) is 15.2. The number of aliphatic imine (C=N–C) groups is 1. The topological polar surface area (TPSA) is 54.2 Å². The lowest BCUT2D eigenvalue weighted by atomic mass is 10.1. The number of aryl methyl sites for hydroxylation is 1. The van der Waals surface area contributed by atoms with E-state index < -0.39 is 0 Å². The van der Waals surface area contributed by atoms with Gasteiger partial charge in [0.05, 0.1) is 11.0 Å². The standard InChI is InChI=1S/C18H27N5S.HI/c1-14-22-15-7-4-5-8-16(15)23(14)11-10-20-17(19-3)21-13-18(2)9-6-12-24-18;/h4-5,7-8H,6,9-13H2,1-3H3,(H2,19,20,21);1H. The van der Waals surface area contributed by atoms with Crippen molar-refractivity contribution in [1.29, 1.82) is 0 Å². The molecule has 0 bridgehead atoms. The summed E-state index contributed by atoms with van der Waals surface area (Å²) >= 11 is 2.06. The van der Waals surface area contributed by atoms with Crippen molar-refractivity contribution in [2.24, 2.45) is 4.99 Å². The molecule has 1 aliphatic heterocycles. The highest BCUT2D eigenvalue weighted by atomic mass is 127. The molecule has 1 aliphatic rings. The van der Waals surface area contributed by atoms with E-state index in [9.17, 15) is 0 Å². The molecule has 1 aromatic carbocycles. The summed E-state index contributed by atoms with van der Waals surface area (Å²) in [5, 5.41) is 6.90. The van der Waals surface area contributed by atoms with E-state index in [2.05, 4.69) is 69.0 Å². The second kappa shape index (κ2) is 9.12. The van der Waals surface area contributed by atoms with E-state index in [-0.39, 0.29) is 24.0 Å². The van der Waals surface area contributed by atoms with Crippen molar-refractivity contribution in [1.82, 2.24) is 20.2 Å². The zero-order valence-corrected chi connectivity index (χ0v) is 18.4. The minimum atomic E-state index is 0. The van der Waals surface area contributed by atoms with Gasteiger partial charge in [-0.15, -0.1) is 24.0 Å². The molecule has 0 spiro atoms. The number of fused-ring (bicyclic) bond motifs is 1. The second-order valence-corrected chi connectivity index (χ2v) is 8.24. The molecule has 1 saturated heterocycles. The Morgan fingerprint density at radius 1 is 1.36 bits per heavy atom. The summed E-state index contributed by atoms with van der Waals surface area (Å²) in [6.45, 7) is 7.06. The van der Waals surface area contributed by atoms with Gasteiger partial charge in [-0.3, -0.25) is 4.99 Å². The van der Waals surface area contributed by atoms with Gasteiger partial charge in [0.2, 0.25) is 0 Å². The largest absolute Gasteiger partial charge is 0.355 e. The Hall–Kier alpha value is -0.960. The maximum Gasteiger partial charge on any atom is 0.191 e. The summed E-state index contributed by atoms with van der Waals surface area (Å²) in [5.41, 5.74) is 2.25. The Labute approximate surface area is 171 Å². The van der Waals surface area contributed by atoms with E-state index in [1.165, 1.54) is 24.1 Å². The first kappa shape index (κ1) is 20.4. The number of halogens is 1. The molecule has 0 amide bonds. The fourth-order valence-electron chi connectivity index (χ4n) is 3.23. The van der Waals surface area contributed by atoms with Gasteiger partial charge >= 0.3 is 0 Å². The van der Waals surface area contributed by atoms with Crippen LogP contribution in [0.3, 0.4) is 0 Å². The third kappa shape index (κ3) is 5.03. The monoisotopic (exact) mass is 473 g/mol. The van der Waals surface area contributed by atoms with Crippen LogP contribution in [0.1, 0.15) is 25.6 Å². The van der Waals surface area contributed by atoms with Crippen LogP contribution in [0, 0.1) is 6.92 Å². The quantitative estimate of drug-likeness (QED) is 0.397. The molecule has 3 rings (SSSR count). The van der Waals surface area contributed by atoms with Crippen molar-refractivity contribution in [3.63, 3.8) is 0 Å². The first-order valence-electron chi connectivity index (χ1n) is 8.62. The highest BCUT2D eigenvalue weighted by Crippen LogP contribution is 2.36. The van der Waals surface area contributed by atoms with Gasteiger partial charge in [-0.2, -0.15) is 11.8 Å². The van der Waals surface area contributed by atoms with Gasteiger partial charge in [0.15, 0.2) is 5.96 Å². The Morgan fingerprint density at radius 2 is 2.16 bits per heavy atom. The number of benzene rings is 1. The molecule has 25 heavy (non-hydrogen) atoms. The number of nitrogens with one attached hydrogen (secondary N) is 2. The molecule has 1 unspecified atom stereocenters. The van der Waals surface area contributed by atoms with Crippen LogP contribution in [0.15, 0.2) is 29.3 Å². The summed E-state index contributed by atoms with van der Waals surface area (Å²) in [7, 11) is 1.83. The average Bonchev–Trinajstić information content (AvgIpc) is 3.15. The lowest BCUT2D eigenvalue weighted by Gasteiger charge is -2.24. The summed E-state index contributed by atoms with van der Waals surface area (Å²) in [6.07, 6.45) is 2.60. The number of rotatable bonds is 5. The molecule has 2 N–H and O–H groups in total. The van der Waals surface area contributed by atoms with Crippen molar-refractivity contribution in [3.05, 3.63) is 30.1 Å². The number of guanidine groups is 1. The minimum absolute atomic E-state index is 0. The maximum atomic E-state index is 4.62. The zero-order chi connectivity index (χ0) is 17.0. The molecular weight excluding hydrogens is 445 g/mol. The number of thioether (sulfide) groups is 1. The molecule has 0 radical (unpaired) electrons. The van der Waals surface area contributed by atoms with Gasteiger partial charge in [-0.25, -0.2) is 4.98 Å². The SMILES string of the molecule is CN=C(NCCn1c(C)nc2ccccc21)NCC1(C)CCCS1.I. The number of hydrogen-bond acceptors (Lipinski definition) is 3. The lowest BCUT2D eigenvalue weighted by Crippen LogP contribution is -2.44. The van der Waals surface area contributed by atoms with E-state index in [1.807, 2.05) is 13.1 Å². The summed E-state index contributed by atoms with van der Waals surface area (Å²) in [4.78, 5) is 8.96. The van der Waals surface area contributed by atoms with Gasteiger partial charge in [0.1, 0.15) is 5.82 Å². The fraction of sp³-hybridized carbons (Fsp3) is 0.556. The number of para-hydroxylation sites is 2. The fourth-order valence-corrected chi connectivity index (χ4v) is 4.48. The Morgan fingerprint density at radius 3 is 2.88 bits per heavy atom. The highest BCUT2D eigenvalue weighted by molar-refractivity contribution is 14.0. The van der Waals surface area contributed by atoms with Crippen LogP contribution in [0.4, 0.5) is 0 Å². The molecule has 138 valence electrons. The van der Waals surface area contributed by atoms with Crippen molar-refractivity contribution in [2.45, 2.75) is 38.0 Å². The van der Waals surface area contributed by atoms with Gasteiger partial charge in [-0.05, 0) is 44.6 Å². The Bertz CT molecular complexity index is 721. The predicted molar refractivity (Wildman–Crippen MR) is 119 cm³/mol. The molecule has 2 aromatic rings. The van der Waals surface area contributed by atoms with E-state index in [0.717, 1.165) is 36.9 Å². The van der Waals surface area contributed by atoms with Gasteiger partial charge in [0, 0.05) is 31.4 Å². The number of imidazole rings is 1. The number of aromatic nitrogens is 2. The van der Waals surface area contributed by atoms with Gasteiger partial charge < -0.3 is 15.2 Å². The molecule has 5 nitrogen and oxygen atoms in total. The molecule has 1 atom stereocenters. The van der Waals surface area contributed by atoms with Crippen molar-refractivity contribution in [3.8, 4) is 0 Å². The van der Waals surface area contributed by atoms with E-state index in [4.69, 9.17) is 0 Å². The van der Waals surface area contributed by atoms with Crippen molar-refractivity contribution >= 4 is 52.7 Å². The highest BCUT2D eigenvalue weighted by Gasteiger charge is 2.29. The Kier molecular flexibility index (Phi) is 7.42. The van der Waals surface area contributed by atoms with Crippen LogP contribution < -0.4 is 10.6 Å². The average molecular weight is 473 g/mol. The summed E-state index contributed by atoms with van der Waals surface area (Å²) < 4.78 is 2.60. The van der Waals surface area contributed by atoms with E-state index in [0.29, 0.717) is 4.75 Å². The Balaban J connectivity index is 0.00000225. The predicted octanol–water partition coefficient (Wildman–Crippen LogP) is 3.41. The van der Waals surface area contributed by atoms with Crippen molar-refractivity contribution < 1.29 is 0 Å². The first-order chi connectivity index (χ1) is 11.6. The molecule has 1 fully saturated rings. The lowest BCUT2D eigenvalue weighted by molar-refractivity contribution is 0.581. The van der Waals surface area contributed by atoms with E-state index >= 15 is 0 Å². The van der Waals surface area contributed by atoms with Crippen LogP contribution in [0.2, 0.25) is 0 Å². The molecule has 0 aliphatic carbocycles. The van der Waals surface area contributed by atoms with Gasteiger partial charge in [-0.1, -0.05) is 12.1 Å². The summed E-state index contributed by atoms with van der Waals surface area (Å²) in [5.74, 6) is 3.21. The maximum absolute atomic E-state index is 4.62. The van der Waals surface area contributed by atoms with Crippen LogP contribution in [-0.2, 0) is 6.54 Å². The molecule has 1 aromatic heterocycles. The van der Waals surface area contributed by atoms with Crippen LogP contribution in [0.5, 0.6) is 0 Å². The number of nitrogens with zero attached hydrogens (tertiary/aromatic N) is 3. The first-order valence-corrected chi connectivity index (χ1v) is 9.60. The van der Waals surface area contributed by atoms with Gasteiger partial charge in [0.25, 0.3) is 0 Å². The second-order valence-electron chi connectivity index (χ2n) is 6.55. The molecule has 0 saturated carbocycles. The smallest absolute Gasteiger partial charge is 0.191 e. The minimum Gasteiger partial charge on any atom is -0.355 e. The van der Waals surface area contributed by atoms with Crippen molar-refractivity contribution in [2.75, 3.05) is 25.9 Å². The van der Waals surface area contributed by atoms with E-state index in [1.54, 1.807) is 0 Å². The molecule has 7 heteroatoms. The normalized spacial score (nSPS) is 20.5. The number of hydrogen-bond donors (Lipinski definition) is 2. The van der Waals surface area contributed by atoms with Crippen LogP contribution in [-0.4, -0.2) is 46.1 Å². The van der Waals surface area contributed by atoms with Crippen LogP contribution >= 0.6 is 35.7 Å². The third-order valence-corrected chi connectivity index (χ3v) is 6.17. The molecule has 2 heterocycles. The van der Waals surface area contributed by atoms with Crippen LogP contribution in [0.25, 0.3) is 11.0 Å². The third-order valence-electron chi connectivity index (χ3n) is 4.63. The summed E-state index contributed by atoms with van der Waals surface area (Å²) in [6, 6.07) is 8.28. The molecular formula is C18H28IN5S.